The van der Waals surface area contributed by atoms with Gasteiger partial charge in [-0.15, -0.1) is 0 Å². The van der Waals surface area contributed by atoms with Crippen LogP contribution >= 0.6 is 0 Å². The van der Waals surface area contributed by atoms with E-state index in [1.165, 1.54) is 6.92 Å². The molecule has 1 aliphatic rings. The second kappa shape index (κ2) is 4.51. The maximum atomic E-state index is 13.2. The zero-order valence-electron chi connectivity index (χ0n) is 10.1. The molecule has 19 heavy (non-hydrogen) atoms. The number of alkyl halides is 3. The van der Waals surface area contributed by atoms with Gasteiger partial charge in [0.15, 0.2) is 0 Å². The normalized spacial score (nSPS) is 26.1. The smallest absolute Gasteiger partial charge is 0.399 e. The van der Waals surface area contributed by atoms with Crippen molar-refractivity contribution in [2.24, 2.45) is 5.92 Å². The number of halogens is 4. The van der Waals surface area contributed by atoms with E-state index in [1.54, 1.807) is 0 Å². The average molecular weight is 276 g/mol. The summed E-state index contributed by atoms with van der Waals surface area (Å²) in [5.74, 6) is -2.71. The van der Waals surface area contributed by atoms with E-state index in [1.807, 2.05) is 0 Å². The highest BCUT2D eigenvalue weighted by Crippen LogP contribution is 2.63. The van der Waals surface area contributed by atoms with Gasteiger partial charge in [-0.2, -0.15) is 13.2 Å². The Morgan fingerprint density at radius 1 is 1.37 bits per heavy atom. The number of ether oxygens (including phenoxy) is 1. The molecule has 0 aromatic heterocycles. The van der Waals surface area contributed by atoms with Crippen LogP contribution in [0.5, 0.6) is 0 Å². The number of rotatable bonds is 3. The molecule has 1 aromatic rings. The van der Waals surface area contributed by atoms with Crippen LogP contribution in [-0.2, 0) is 14.9 Å². The molecule has 1 aliphatic carbocycles. The molecule has 0 heterocycles. The molecular formula is C13H12F4O2. The molecule has 0 N–H and O–H groups in total. The molecule has 2 nitrogen and oxygen atoms in total. The Balaban J connectivity index is 2.35. The molecule has 0 spiro atoms. The van der Waals surface area contributed by atoms with E-state index in [0.29, 0.717) is 0 Å². The highest BCUT2D eigenvalue weighted by Gasteiger charge is 2.74. The van der Waals surface area contributed by atoms with Gasteiger partial charge in [0.2, 0.25) is 0 Å². The van der Waals surface area contributed by atoms with Crippen molar-refractivity contribution in [1.29, 1.82) is 0 Å². The fourth-order valence-corrected chi connectivity index (χ4v) is 2.33. The fourth-order valence-electron chi connectivity index (χ4n) is 2.33. The maximum Gasteiger partial charge on any atom is 0.399 e. The number of esters is 1. The number of hydrogen-bond donors (Lipinski definition) is 0. The molecule has 1 fully saturated rings. The number of benzene rings is 1. The predicted octanol–water partition coefficient (Wildman–Crippen LogP) is 3.21. The van der Waals surface area contributed by atoms with Crippen molar-refractivity contribution < 1.29 is 27.1 Å². The van der Waals surface area contributed by atoms with Crippen LogP contribution in [0.3, 0.4) is 0 Å². The van der Waals surface area contributed by atoms with Crippen molar-refractivity contribution in [2.75, 3.05) is 6.61 Å². The lowest BCUT2D eigenvalue weighted by Crippen LogP contribution is -2.33. The summed E-state index contributed by atoms with van der Waals surface area (Å²) < 4.78 is 57.1. The lowest BCUT2D eigenvalue weighted by molar-refractivity contribution is -0.172. The zero-order valence-corrected chi connectivity index (χ0v) is 10.1. The van der Waals surface area contributed by atoms with Crippen molar-refractivity contribution in [1.82, 2.24) is 0 Å². The van der Waals surface area contributed by atoms with Crippen molar-refractivity contribution >= 4 is 5.97 Å². The molecule has 1 saturated carbocycles. The Hall–Kier alpha value is -1.59. The molecular weight excluding hydrogens is 264 g/mol. The molecule has 0 radical (unpaired) electrons. The van der Waals surface area contributed by atoms with Crippen LogP contribution in [0.15, 0.2) is 24.3 Å². The second-order valence-electron chi connectivity index (χ2n) is 4.48. The topological polar surface area (TPSA) is 26.3 Å². The molecule has 2 unspecified atom stereocenters. The van der Waals surface area contributed by atoms with E-state index >= 15 is 0 Å². The van der Waals surface area contributed by atoms with Crippen LogP contribution in [0, 0.1) is 11.7 Å². The molecule has 2 atom stereocenters. The molecule has 104 valence electrons. The Morgan fingerprint density at radius 2 is 1.95 bits per heavy atom. The lowest BCUT2D eigenvalue weighted by atomic mass is 9.92. The quantitative estimate of drug-likeness (QED) is 0.626. The summed E-state index contributed by atoms with van der Waals surface area (Å²) in [5, 5.41) is 0. The molecule has 0 bridgehead atoms. The van der Waals surface area contributed by atoms with E-state index in [0.717, 1.165) is 24.3 Å². The van der Waals surface area contributed by atoms with Crippen LogP contribution in [0.1, 0.15) is 18.9 Å². The number of carbonyl (C=O) groups excluding carboxylic acids is 1. The Labute approximate surface area is 107 Å². The van der Waals surface area contributed by atoms with Crippen LogP contribution in [0.2, 0.25) is 0 Å². The summed E-state index contributed by atoms with van der Waals surface area (Å²) in [6.07, 6.45) is -4.91. The standard InChI is InChI=1S/C13H12F4O2/c1-2-19-11(18)10-7-12(10,13(15,16)17)8-3-5-9(14)6-4-8/h3-6,10H,2,7H2,1H3. The van der Waals surface area contributed by atoms with Crippen LogP contribution in [0.25, 0.3) is 0 Å². The summed E-state index contributed by atoms with van der Waals surface area (Å²) >= 11 is 0. The van der Waals surface area contributed by atoms with Crippen LogP contribution in [-0.4, -0.2) is 18.8 Å². The number of carbonyl (C=O) groups is 1. The predicted molar refractivity (Wildman–Crippen MR) is 58.9 cm³/mol. The van der Waals surface area contributed by atoms with Crippen molar-refractivity contribution in [3.05, 3.63) is 35.6 Å². The monoisotopic (exact) mass is 276 g/mol. The third-order valence-electron chi connectivity index (χ3n) is 3.40. The first kappa shape index (κ1) is 13.8. The van der Waals surface area contributed by atoms with Gasteiger partial charge in [-0.3, -0.25) is 4.79 Å². The highest BCUT2D eigenvalue weighted by molar-refractivity contribution is 5.79. The van der Waals surface area contributed by atoms with Gasteiger partial charge in [-0.05, 0) is 31.0 Å². The SMILES string of the molecule is CCOC(=O)C1CC1(c1ccc(F)cc1)C(F)(F)F. The minimum absolute atomic E-state index is 0.0344. The molecule has 2 rings (SSSR count). The third kappa shape index (κ3) is 2.19. The van der Waals surface area contributed by atoms with Gasteiger partial charge < -0.3 is 4.74 Å². The van der Waals surface area contributed by atoms with Gasteiger partial charge in [-0.25, -0.2) is 4.39 Å². The van der Waals surface area contributed by atoms with E-state index < -0.39 is 29.3 Å². The lowest BCUT2D eigenvalue weighted by Gasteiger charge is -2.21. The summed E-state index contributed by atoms with van der Waals surface area (Å²) in [7, 11) is 0. The number of hydrogen-bond acceptors (Lipinski definition) is 2. The van der Waals surface area contributed by atoms with Crippen LogP contribution in [0.4, 0.5) is 17.6 Å². The molecule has 0 saturated heterocycles. The van der Waals surface area contributed by atoms with Crippen molar-refractivity contribution in [3.63, 3.8) is 0 Å². The summed E-state index contributed by atoms with van der Waals surface area (Å²) in [6, 6.07) is 4.07. The summed E-state index contributed by atoms with van der Waals surface area (Å²) in [4.78, 5) is 11.5. The maximum absolute atomic E-state index is 13.2. The van der Waals surface area contributed by atoms with Gasteiger partial charge >= 0.3 is 12.1 Å². The molecule has 6 heteroatoms. The van der Waals surface area contributed by atoms with Gasteiger partial charge in [0.1, 0.15) is 11.2 Å². The summed E-state index contributed by atoms with van der Waals surface area (Å²) in [5.41, 5.74) is -2.33. The van der Waals surface area contributed by atoms with E-state index in [-0.39, 0.29) is 18.6 Å². The first-order chi connectivity index (χ1) is 8.83. The first-order valence-electron chi connectivity index (χ1n) is 5.82. The van der Waals surface area contributed by atoms with E-state index in [2.05, 4.69) is 4.74 Å². The summed E-state index contributed by atoms with van der Waals surface area (Å²) in [6.45, 7) is 1.57. The molecule has 0 aliphatic heterocycles. The van der Waals surface area contributed by atoms with Crippen LogP contribution < -0.4 is 0 Å². The van der Waals surface area contributed by atoms with Gasteiger partial charge in [-0.1, -0.05) is 12.1 Å². The van der Waals surface area contributed by atoms with Gasteiger partial charge in [0.05, 0.1) is 12.5 Å². The van der Waals surface area contributed by atoms with Gasteiger partial charge in [0.25, 0.3) is 0 Å². The third-order valence-corrected chi connectivity index (χ3v) is 3.40. The minimum atomic E-state index is -4.57. The van der Waals surface area contributed by atoms with Gasteiger partial charge in [0, 0.05) is 0 Å². The minimum Gasteiger partial charge on any atom is -0.466 e. The first-order valence-corrected chi connectivity index (χ1v) is 5.82. The second-order valence-corrected chi connectivity index (χ2v) is 4.48. The Kier molecular flexibility index (Phi) is 3.28. The molecule has 1 aromatic carbocycles. The molecule has 0 amide bonds. The fraction of sp³-hybridized carbons (Fsp3) is 0.462. The average Bonchev–Trinajstić information content (AvgIpc) is 3.06. The van der Waals surface area contributed by atoms with Crippen molar-refractivity contribution in [2.45, 2.75) is 24.9 Å². The zero-order chi connectivity index (χ0) is 14.3. The Bertz CT molecular complexity index is 480. The Morgan fingerprint density at radius 3 is 2.42 bits per heavy atom. The largest absolute Gasteiger partial charge is 0.466 e. The van der Waals surface area contributed by atoms with Crippen molar-refractivity contribution in [3.8, 4) is 0 Å². The highest BCUT2D eigenvalue weighted by atomic mass is 19.4. The van der Waals surface area contributed by atoms with E-state index in [4.69, 9.17) is 0 Å². The van der Waals surface area contributed by atoms with E-state index in [9.17, 15) is 22.4 Å².